The lowest BCUT2D eigenvalue weighted by molar-refractivity contribution is -0.138. The number of halogens is 8. The molecule has 0 bridgehead atoms. The standard InChI is InChI=1S/C26H23F3N4O4.C22H16F3N3O4S.C22H17F2N3O2/c1-25(2,37)14-31-23(35)33-22(16-8-6-15(13-30)7-9-16)21-19(10-11-20(21)34)32(24(33)36)18-5-3-4-17(12-18)26(27,28)29;1-33(31,32)28-20(14-7-5-13(12-26)6-8-14)19-17(9-10-18(19)29)27(21(28)30)16-4-2-3-15(11-16)22(23,24)25;1-26-20(14-7-5-13(12-25)6-8-14)19-17(9-10-18(19)28)27(22(26)29)16-4-2-3-15(11-16)21(23)24/h3-9,12,22,37H,10-11,14H2,1-2H3,(H,31,35);2-8,11,20H,9-10H2,1H3;2-8,11,20-21H,9-10H2,1H3. The molecule has 0 radical (unpaired) electrons. The number of hydrogen-bond donors (Lipinski definition) is 2. The molecule has 0 fully saturated rings. The summed E-state index contributed by atoms with van der Waals surface area (Å²) in [5.41, 5.74) is 0.544. The average molecular weight is 1380 g/mol. The minimum atomic E-state index is -4.68. The minimum Gasteiger partial charge on any atom is -0.389 e. The number of urea groups is 4. The minimum absolute atomic E-state index is 0.0132. The molecule has 6 aliphatic rings. The lowest BCUT2D eigenvalue weighted by Crippen LogP contribution is -2.56. The lowest BCUT2D eigenvalue weighted by atomic mass is 9.92. The number of nitrogens with one attached hydrogen (secondary N) is 1. The normalized spacial score (nSPS) is 18.7. The van der Waals surface area contributed by atoms with Crippen molar-refractivity contribution in [2.24, 2.45) is 0 Å². The van der Waals surface area contributed by atoms with Crippen molar-refractivity contribution < 1.29 is 82.2 Å². The Bertz CT molecular complexity index is 4680. The Labute approximate surface area is 560 Å². The summed E-state index contributed by atoms with van der Waals surface area (Å²) in [6.07, 6.45) is -10.4. The van der Waals surface area contributed by atoms with Crippen molar-refractivity contribution in [2.75, 3.05) is 34.5 Å². The number of Topliss-reactive ketones (excluding diaryl/α,β-unsaturated/α-hetero) is 3. The maximum Gasteiger partial charge on any atom is 0.416 e. The number of anilines is 3. The van der Waals surface area contributed by atoms with Crippen LogP contribution in [0, 0.1) is 34.0 Å². The molecular formula is C70H56F8N10O10S. The summed E-state index contributed by atoms with van der Waals surface area (Å²) >= 11 is 0. The zero-order valence-corrected chi connectivity index (χ0v) is 53.5. The van der Waals surface area contributed by atoms with Gasteiger partial charge in [-0.25, -0.2) is 45.6 Å². The van der Waals surface area contributed by atoms with Gasteiger partial charge in [0.1, 0.15) is 6.04 Å². The third-order valence-electron chi connectivity index (χ3n) is 16.9. The summed E-state index contributed by atoms with van der Waals surface area (Å²) in [6.45, 7) is 2.65. The first kappa shape index (κ1) is 70.5. The van der Waals surface area contributed by atoms with Crippen LogP contribution in [0.15, 0.2) is 179 Å². The average Bonchev–Trinajstić information content (AvgIpc) is 1.70. The molecule has 99 heavy (non-hydrogen) atoms. The van der Waals surface area contributed by atoms with Crippen LogP contribution in [-0.2, 0) is 36.8 Å². The molecule has 29 heteroatoms. The zero-order chi connectivity index (χ0) is 72.0. The summed E-state index contributed by atoms with van der Waals surface area (Å²) in [4.78, 5) is 98.0. The summed E-state index contributed by atoms with van der Waals surface area (Å²) in [7, 11) is -2.67. The van der Waals surface area contributed by atoms with Crippen molar-refractivity contribution in [3.63, 3.8) is 0 Å². The van der Waals surface area contributed by atoms with Crippen molar-refractivity contribution in [3.8, 4) is 18.2 Å². The number of likely N-dealkylation sites (N-methyl/N-ethyl adjacent to an activating group) is 1. The number of alkyl halides is 8. The first-order chi connectivity index (χ1) is 46.7. The number of benzene rings is 6. The number of nitriles is 3. The van der Waals surface area contributed by atoms with Gasteiger partial charge in [0.2, 0.25) is 10.0 Å². The molecule has 508 valence electrons. The Hall–Kier alpha value is -11.4. The topological polar surface area (TPSA) is 277 Å². The lowest BCUT2D eigenvalue weighted by Gasteiger charge is -2.41. The number of aliphatic hydroxyl groups is 1. The molecule has 8 amide bonds. The molecule has 0 saturated heterocycles. The van der Waals surface area contributed by atoms with E-state index in [1.54, 1.807) is 37.4 Å². The van der Waals surface area contributed by atoms with E-state index in [4.69, 9.17) is 15.8 Å². The number of nitrogens with zero attached hydrogens (tertiary/aromatic N) is 9. The number of hydrogen-bond acceptors (Lipinski definition) is 13. The maximum absolute atomic E-state index is 13.9. The summed E-state index contributed by atoms with van der Waals surface area (Å²) in [6, 6.07) is 31.8. The number of carbonyl (C=O) groups excluding carboxylic acids is 7. The summed E-state index contributed by atoms with van der Waals surface area (Å²) in [5.74, 6) is -0.824. The van der Waals surface area contributed by atoms with E-state index in [0.29, 0.717) is 55.5 Å². The molecule has 0 aromatic heterocycles. The van der Waals surface area contributed by atoms with E-state index in [9.17, 15) is 82.2 Å². The van der Waals surface area contributed by atoms with Crippen LogP contribution in [0.5, 0.6) is 0 Å². The van der Waals surface area contributed by atoms with E-state index in [0.717, 1.165) is 62.9 Å². The van der Waals surface area contributed by atoms with E-state index in [1.165, 1.54) is 103 Å². The van der Waals surface area contributed by atoms with E-state index < -0.39 is 87.5 Å². The second-order valence-electron chi connectivity index (χ2n) is 24.1. The number of amides is 8. The Kier molecular flexibility index (Phi) is 19.4. The van der Waals surface area contributed by atoms with E-state index in [-0.39, 0.29) is 95.7 Å². The number of imide groups is 1. The Balaban J connectivity index is 0.000000162. The molecule has 3 aliphatic carbocycles. The molecule has 20 nitrogen and oxygen atoms in total. The van der Waals surface area contributed by atoms with Gasteiger partial charge in [0.15, 0.2) is 17.3 Å². The highest BCUT2D eigenvalue weighted by Crippen LogP contribution is 2.50. The quantitative estimate of drug-likeness (QED) is 0.121. The highest BCUT2D eigenvalue weighted by molar-refractivity contribution is 7.88. The second-order valence-corrected chi connectivity index (χ2v) is 26.0. The molecule has 3 unspecified atom stereocenters. The van der Waals surface area contributed by atoms with Gasteiger partial charge in [-0.3, -0.25) is 29.1 Å². The molecule has 0 spiro atoms. The van der Waals surface area contributed by atoms with E-state index in [2.05, 4.69) is 5.32 Å². The van der Waals surface area contributed by atoms with Gasteiger partial charge in [-0.05, 0) is 135 Å². The van der Waals surface area contributed by atoms with Crippen molar-refractivity contribution in [2.45, 2.75) is 94.9 Å². The third-order valence-corrected chi connectivity index (χ3v) is 18.0. The van der Waals surface area contributed by atoms with Crippen LogP contribution in [0.1, 0.15) is 127 Å². The number of rotatable bonds is 10. The first-order valence-corrected chi connectivity index (χ1v) is 32.1. The van der Waals surface area contributed by atoms with Gasteiger partial charge in [0, 0.05) is 72.2 Å². The fourth-order valence-corrected chi connectivity index (χ4v) is 13.5. The second kappa shape index (κ2) is 27.3. The van der Waals surface area contributed by atoms with Gasteiger partial charge in [0.25, 0.3) is 6.43 Å². The maximum atomic E-state index is 13.9. The van der Waals surface area contributed by atoms with Crippen LogP contribution in [0.3, 0.4) is 0 Å². The van der Waals surface area contributed by atoms with Crippen LogP contribution in [0.2, 0.25) is 0 Å². The molecule has 3 aliphatic heterocycles. The third kappa shape index (κ3) is 14.1. The fourth-order valence-electron chi connectivity index (χ4n) is 12.5. The van der Waals surface area contributed by atoms with Gasteiger partial charge in [-0.2, -0.15) is 42.1 Å². The largest absolute Gasteiger partial charge is 0.416 e. The smallest absolute Gasteiger partial charge is 0.389 e. The van der Waals surface area contributed by atoms with Crippen LogP contribution < -0.4 is 20.0 Å². The number of sulfonamides is 1. The van der Waals surface area contributed by atoms with Crippen LogP contribution in [0.4, 0.5) is 71.4 Å². The van der Waals surface area contributed by atoms with Gasteiger partial charge in [-0.15, -0.1) is 0 Å². The SMILES string of the molecule is CC(C)(O)CNC(=O)N1C(=O)N(c2cccc(C(F)(F)F)c2)C2=C(C(=O)CC2)C1c1ccc(C#N)cc1.CN1C(=O)N(c2cccc(C(F)F)c2)C2=C(C(=O)CC2)C1c1ccc(C#N)cc1.CS(=O)(=O)N1C(=O)N(c2cccc(C(F)(F)F)c2)C2=C(C(=O)CC2)C1c1ccc(C#N)cc1. The molecular weight excluding hydrogens is 1320 g/mol. The fraction of sp³-hybridized carbons (Fsp3) is 0.257. The van der Waals surface area contributed by atoms with Gasteiger partial charge >= 0.3 is 36.5 Å². The zero-order valence-electron chi connectivity index (χ0n) is 52.7. The van der Waals surface area contributed by atoms with Gasteiger partial charge in [0.05, 0.1) is 87.0 Å². The van der Waals surface area contributed by atoms with Crippen LogP contribution >= 0.6 is 0 Å². The Morgan fingerprint density at radius 1 is 0.535 bits per heavy atom. The Morgan fingerprint density at radius 3 is 1.29 bits per heavy atom. The monoisotopic (exact) mass is 1380 g/mol. The van der Waals surface area contributed by atoms with Crippen molar-refractivity contribution in [1.82, 2.24) is 19.4 Å². The van der Waals surface area contributed by atoms with Crippen LogP contribution in [0.25, 0.3) is 0 Å². The predicted molar refractivity (Wildman–Crippen MR) is 339 cm³/mol. The molecule has 12 rings (SSSR count). The highest BCUT2D eigenvalue weighted by Gasteiger charge is 2.52. The molecule has 3 atom stereocenters. The molecule has 3 heterocycles. The van der Waals surface area contributed by atoms with Crippen molar-refractivity contribution in [1.29, 1.82) is 15.8 Å². The summed E-state index contributed by atoms with van der Waals surface area (Å²) < 4.78 is 132. The first-order valence-electron chi connectivity index (χ1n) is 30.2. The van der Waals surface area contributed by atoms with Crippen molar-refractivity contribution in [3.05, 3.63) is 229 Å². The molecule has 6 aromatic rings. The van der Waals surface area contributed by atoms with Crippen LogP contribution in [-0.4, -0.2) is 94.6 Å². The molecule has 2 N–H and O–H groups in total. The number of ketones is 3. The van der Waals surface area contributed by atoms with Crippen molar-refractivity contribution >= 4 is 68.6 Å². The summed E-state index contributed by atoms with van der Waals surface area (Å²) in [5, 5.41) is 39.7. The van der Waals surface area contributed by atoms with E-state index in [1.807, 2.05) is 18.2 Å². The Morgan fingerprint density at radius 2 is 0.899 bits per heavy atom. The molecule has 0 saturated carbocycles. The number of carbonyl (C=O) groups is 7. The van der Waals surface area contributed by atoms with Gasteiger partial charge in [-0.1, -0.05) is 60.7 Å². The molecule has 6 aromatic carbocycles. The van der Waals surface area contributed by atoms with E-state index >= 15 is 0 Å². The highest BCUT2D eigenvalue weighted by atomic mass is 32.2. The number of allylic oxidation sites excluding steroid dienone is 3. The predicted octanol–water partition coefficient (Wildman–Crippen LogP) is 13.5. The van der Waals surface area contributed by atoms with Gasteiger partial charge < -0.3 is 15.3 Å².